The zero-order valence-electron chi connectivity index (χ0n) is 9.53. The Morgan fingerprint density at radius 2 is 2.12 bits per heavy atom. The van der Waals surface area contributed by atoms with E-state index in [1.54, 1.807) is 19.1 Å². The lowest BCUT2D eigenvalue weighted by Gasteiger charge is -2.06. The van der Waals surface area contributed by atoms with Crippen molar-refractivity contribution in [3.05, 3.63) is 30.0 Å². The molecule has 0 aliphatic rings. The molecular formula is C13H15NO2. The predicted octanol–water partition coefficient (Wildman–Crippen LogP) is 2.50. The highest BCUT2D eigenvalue weighted by Gasteiger charge is 2.09. The number of fused-ring (bicyclic) bond motifs is 1. The third-order valence-electron chi connectivity index (χ3n) is 2.72. The molecule has 1 aromatic carbocycles. The van der Waals surface area contributed by atoms with Crippen LogP contribution in [0.5, 0.6) is 5.75 Å². The number of rotatable bonds is 3. The van der Waals surface area contributed by atoms with Gasteiger partial charge in [0.2, 0.25) is 0 Å². The first-order valence-corrected chi connectivity index (χ1v) is 5.42. The molecule has 0 aliphatic carbocycles. The molecule has 3 heteroatoms. The Balaban J connectivity index is 2.62. The average Bonchev–Trinajstić information content (AvgIpc) is 2.53. The molecule has 0 unspecified atom stereocenters. The molecule has 0 aliphatic heterocycles. The van der Waals surface area contributed by atoms with E-state index in [1.165, 1.54) is 0 Å². The number of hydrogen-bond donors (Lipinski definition) is 1. The van der Waals surface area contributed by atoms with Gasteiger partial charge in [-0.25, -0.2) is 0 Å². The van der Waals surface area contributed by atoms with Crippen molar-refractivity contribution in [2.24, 2.45) is 0 Å². The van der Waals surface area contributed by atoms with Gasteiger partial charge in [0.1, 0.15) is 11.5 Å². The molecule has 3 nitrogen and oxygen atoms in total. The van der Waals surface area contributed by atoms with Gasteiger partial charge in [-0.3, -0.25) is 4.79 Å². The molecule has 1 heterocycles. The Kier molecular flexibility index (Phi) is 2.69. The molecule has 0 spiro atoms. The van der Waals surface area contributed by atoms with Crippen LogP contribution < -0.4 is 0 Å². The van der Waals surface area contributed by atoms with Crippen LogP contribution >= 0.6 is 0 Å². The fourth-order valence-electron chi connectivity index (χ4n) is 2.07. The van der Waals surface area contributed by atoms with E-state index >= 15 is 0 Å². The third-order valence-corrected chi connectivity index (χ3v) is 2.72. The lowest BCUT2D eigenvalue weighted by molar-refractivity contribution is -0.116. The summed E-state index contributed by atoms with van der Waals surface area (Å²) in [6.45, 7) is 4.43. The summed E-state index contributed by atoms with van der Waals surface area (Å²) < 4.78 is 2.07. The zero-order valence-corrected chi connectivity index (χ0v) is 9.53. The highest BCUT2D eigenvalue weighted by molar-refractivity contribution is 5.85. The third kappa shape index (κ3) is 1.81. The second kappa shape index (κ2) is 4.00. The predicted molar refractivity (Wildman–Crippen MR) is 63.7 cm³/mol. The Morgan fingerprint density at radius 1 is 1.38 bits per heavy atom. The van der Waals surface area contributed by atoms with Crippen molar-refractivity contribution < 1.29 is 9.90 Å². The molecule has 0 saturated heterocycles. The summed E-state index contributed by atoms with van der Waals surface area (Å²) in [7, 11) is 0. The standard InChI is InChI=1S/C13H15NO2/c1-3-14-11(6-9(2)15)7-10-4-5-12(16)8-13(10)14/h4-5,7-8,16H,3,6H2,1-2H3. The summed E-state index contributed by atoms with van der Waals surface area (Å²) in [5, 5.41) is 10.5. The van der Waals surface area contributed by atoms with E-state index < -0.39 is 0 Å². The number of carbonyl (C=O) groups is 1. The number of aromatic nitrogens is 1. The molecule has 2 rings (SSSR count). The number of carbonyl (C=O) groups excluding carboxylic acids is 1. The van der Waals surface area contributed by atoms with Crippen LogP contribution in [0.2, 0.25) is 0 Å². The number of phenolic OH excluding ortho intramolecular Hbond substituents is 1. The Labute approximate surface area is 94.3 Å². The maximum absolute atomic E-state index is 11.2. The van der Waals surface area contributed by atoms with Gasteiger partial charge in [0, 0.05) is 30.1 Å². The molecule has 0 saturated carbocycles. The highest BCUT2D eigenvalue weighted by Crippen LogP contribution is 2.24. The van der Waals surface area contributed by atoms with E-state index in [-0.39, 0.29) is 11.5 Å². The van der Waals surface area contributed by atoms with Gasteiger partial charge in [-0.05, 0) is 32.0 Å². The first-order valence-electron chi connectivity index (χ1n) is 5.42. The number of ketones is 1. The minimum Gasteiger partial charge on any atom is -0.508 e. The summed E-state index contributed by atoms with van der Waals surface area (Å²) in [4.78, 5) is 11.2. The maximum Gasteiger partial charge on any atom is 0.135 e. The lowest BCUT2D eigenvalue weighted by Crippen LogP contribution is -2.04. The number of Topliss-reactive ketones (excluding diaryl/α,β-unsaturated/α-hetero) is 1. The number of aryl methyl sites for hydroxylation is 1. The van der Waals surface area contributed by atoms with E-state index in [9.17, 15) is 9.90 Å². The van der Waals surface area contributed by atoms with Crippen LogP contribution in [0.4, 0.5) is 0 Å². The molecule has 2 aromatic rings. The Hall–Kier alpha value is -1.77. The molecule has 0 atom stereocenters. The molecular weight excluding hydrogens is 202 g/mol. The average molecular weight is 217 g/mol. The normalized spacial score (nSPS) is 10.9. The van der Waals surface area contributed by atoms with Gasteiger partial charge in [0.05, 0.1) is 5.52 Å². The van der Waals surface area contributed by atoms with Gasteiger partial charge in [0.25, 0.3) is 0 Å². The molecule has 16 heavy (non-hydrogen) atoms. The fraction of sp³-hybridized carbons (Fsp3) is 0.308. The van der Waals surface area contributed by atoms with E-state index in [1.807, 2.05) is 19.1 Å². The number of phenols is 1. The van der Waals surface area contributed by atoms with Crippen molar-refractivity contribution in [2.45, 2.75) is 26.8 Å². The molecule has 0 bridgehead atoms. The van der Waals surface area contributed by atoms with Crippen molar-refractivity contribution in [1.29, 1.82) is 0 Å². The van der Waals surface area contributed by atoms with Crippen molar-refractivity contribution in [2.75, 3.05) is 0 Å². The van der Waals surface area contributed by atoms with E-state index in [0.717, 1.165) is 23.1 Å². The SMILES string of the molecule is CCn1c(CC(C)=O)cc2ccc(O)cc21. The van der Waals surface area contributed by atoms with Crippen LogP contribution in [0, 0.1) is 0 Å². The van der Waals surface area contributed by atoms with Gasteiger partial charge in [-0.2, -0.15) is 0 Å². The maximum atomic E-state index is 11.2. The van der Waals surface area contributed by atoms with Gasteiger partial charge in [0.15, 0.2) is 0 Å². The number of hydrogen-bond acceptors (Lipinski definition) is 2. The van der Waals surface area contributed by atoms with Gasteiger partial charge >= 0.3 is 0 Å². The number of benzene rings is 1. The van der Waals surface area contributed by atoms with Crippen LogP contribution in [0.1, 0.15) is 19.5 Å². The van der Waals surface area contributed by atoms with Gasteiger partial charge in [-0.1, -0.05) is 0 Å². The topological polar surface area (TPSA) is 42.2 Å². The molecule has 0 fully saturated rings. The second-order valence-electron chi connectivity index (χ2n) is 4.00. The smallest absolute Gasteiger partial charge is 0.135 e. The van der Waals surface area contributed by atoms with Crippen molar-refractivity contribution in [1.82, 2.24) is 4.57 Å². The molecule has 84 valence electrons. The van der Waals surface area contributed by atoms with Crippen molar-refractivity contribution in [3.8, 4) is 5.75 Å². The minimum atomic E-state index is 0.154. The van der Waals surface area contributed by atoms with E-state index in [2.05, 4.69) is 4.57 Å². The molecule has 1 aromatic heterocycles. The second-order valence-corrected chi connectivity index (χ2v) is 4.00. The summed E-state index contributed by atoms with van der Waals surface area (Å²) in [5.41, 5.74) is 1.99. The minimum absolute atomic E-state index is 0.154. The highest BCUT2D eigenvalue weighted by atomic mass is 16.3. The Morgan fingerprint density at radius 3 is 2.75 bits per heavy atom. The van der Waals surface area contributed by atoms with E-state index in [0.29, 0.717) is 6.42 Å². The van der Waals surface area contributed by atoms with Crippen molar-refractivity contribution >= 4 is 16.7 Å². The monoisotopic (exact) mass is 217 g/mol. The summed E-state index contributed by atoms with van der Waals surface area (Å²) >= 11 is 0. The molecule has 1 N–H and O–H groups in total. The lowest BCUT2D eigenvalue weighted by atomic mass is 10.2. The Bertz CT molecular complexity index is 540. The molecule has 0 amide bonds. The number of nitrogens with zero attached hydrogens (tertiary/aromatic N) is 1. The van der Waals surface area contributed by atoms with Crippen LogP contribution in [-0.4, -0.2) is 15.5 Å². The number of aromatic hydroxyl groups is 1. The quantitative estimate of drug-likeness (QED) is 0.858. The van der Waals surface area contributed by atoms with E-state index in [4.69, 9.17) is 0 Å². The van der Waals surface area contributed by atoms with Crippen LogP contribution in [-0.2, 0) is 17.8 Å². The fourth-order valence-corrected chi connectivity index (χ4v) is 2.07. The summed E-state index contributed by atoms with van der Waals surface area (Å²) in [5.74, 6) is 0.413. The van der Waals surface area contributed by atoms with Crippen LogP contribution in [0.3, 0.4) is 0 Å². The first-order chi connectivity index (χ1) is 7.61. The first kappa shape index (κ1) is 10.7. The van der Waals surface area contributed by atoms with Gasteiger partial charge in [-0.15, -0.1) is 0 Å². The largest absolute Gasteiger partial charge is 0.508 e. The summed E-state index contributed by atoms with van der Waals surface area (Å²) in [6.07, 6.45) is 0.448. The molecule has 0 radical (unpaired) electrons. The zero-order chi connectivity index (χ0) is 11.7. The summed E-state index contributed by atoms with van der Waals surface area (Å²) in [6, 6.07) is 7.29. The van der Waals surface area contributed by atoms with Gasteiger partial charge < -0.3 is 9.67 Å². The van der Waals surface area contributed by atoms with Crippen LogP contribution in [0.15, 0.2) is 24.3 Å². The van der Waals surface area contributed by atoms with Crippen molar-refractivity contribution in [3.63, 3.8) is 0 Å². The van der Waals surface area contributed by atoms with Crippen LogP contribution in [0.25, 0.3) is 10.9 Å².